The van der Waals surface area contributed by atoms with Gasteiger partial charge in [-0.2, -0.15) is 8.42 Å². The van der Waals surface area contributed by atoms with Gasteiger partial charge in [0.1, 0.15) is 0 Å². The van der Waals surface area contributed by atoms with Gasteiger partial charge in [-0.25, -0.2) is 0 Å². The largest absolute Gasteiger partial charge is 1.00 e. The van der Waals surface area contributed by atoms with Crippen molar-refractivity contribution in [3.05, 3.63) is 23.8 Å². The SMILES string of the molecule is Cc1cnc(C=S(=O)=O)cn1.[H-].[Na+]. The van der Waals surface area contributed by atoms with Crippen molar-refractivity contribution in [3.63, 3.8) is 0 Å². The zero-order chi connectivity index (χ0) is 8.27. The second-order valence-corrected chi connectivity index (χ2v) is 2.72. The number of hydrogen-bond donors (Lipinski definition) is 0. The van der Waals surface area contributed by atoms with E-state index < -0.39 is 10.3 Å². The first kappa shape index (κ1) is 11.8. The zero-order valence-corrected chi connectivity index (χ0v) is 9.67. The summed E-state index contributed by atoms with van der Waals surface area (Å²) >= 11 is 0. The topological polar surface area (TPSA) is 59.9 Å². The molecular formula is C6H7N2NaO2S. The summed E-state index contributed by atoms with van der Waals surface area (Å²) in [6.07, 6.45) is 2.92. The summed E-state index contributed by atoms with van der Waals surface area (Å²) in [5, 5.41) is 1.01. The average Bonchev–Trinajstić information content (AvgIpc) is 1.93. The number of nitrogens with zero attached hydrogens (tertiary/aromatic N) is 2. The van der Waals surface area contributed by atoms with Gasteiger partial charge in [0.15, 0.2) is 0 Å². The van der Waals surface area contributed by atoms with E-state index in [1.807, 2.05) is 0 Å². The molecule has 0 radical (unpaired) electrons. The fourth-order valence-corrected chi connectivity index (χ4v) is 0.881. The Balaban J connectivity index is 0. The van der Waals surface area contributed by atoms with Crippen LogP contribution in [0.3, 0.4) is 0 Å². The predicted octanol–water partition coefficient (Wildman–Crippen LogP) is -3.07. The molecule has 0 aromatic carbocycles. The van der Waals surface area contributed by atoms with Gasteiger partial charge in [0, 0.05) is 6.20 Å². The van der Waals surface area contributed by atoms with Crippen LogP contribution in [0.1, 0.15) is 12.8 Å². The molecule has 1 heterocycles. The Morgan fingerprint density at radius 1 is 1.42 bits per heavy atom. The van der Waals surface area contributed by atoms with Crippen LogP contribution < -0.4 is 29.6 Å². The monoisotopic (exact) mass is 194 g/mol. The van der Waals surface area contributed by atoms with Crippen molar-refractivity contribution in [2.45, 2.75) is 6.92 Å². The van der Waals surface area contributed by atoms with Crippen molar-refractivity contribution in [2.24, 2.45) is 0 Å². The number of aromatic nitrogens is 2. The van der Waals surface area contributed by atoms with Crippen LogP contribution in [-0.4, -0.2) is 23.8 Å². The van der Waals surface area contributed by atoms with E-state index in [-0.39, 0.29) is 31.0 Å². The molecule has 6 heteroatoms. The van der Waals surface area contributed by atoms with E-state index in [1.165, 1.54) is 12.4 Å². The predicted molar refractivity (Wildman–Crippen MR) is 42.0 cm³/mol. The standard InChI is InChI=1S/C6H6N2O2S.Na.H/c1-5-2-8-6(3-7-5)4-11(9)10;;/h2-4H,1H3;;/q;+1;-1. The van der Waals surface area contributed by atoms with E-state index in [9.17, 15) is 8.42 Å². The minimum absolute atomic E-state index is 0. The van der Waals surface area contributed by atoms with Gasteiger partial charge < -0.3 is 1.43 Å². The maximum atomic E-state index is 10.1. The van der Waals surface area contributed by atoms with Crippen molar-refractivity contribution < 1.29 is 39.4 Å². The maximum absolute atomic E-state index is 10.1. The second kappa shape index (κ2) is 5.42. The van der Waals surface area contributed by atoms with Crippen LogP contribution in [0, 0.1) is 6.92 Å². The number of hydrogen-bond acceptors (Lipinski definition) is 4. The van der Waals surface area contributed by atoms with Crippen LogP contribution >= 0.6 is 0 Å². The van der Waals surface area contributed by atoms with Crippen LogP contribution in [0.5, 0.6) is 0 Å². The van der Waals surface area contributed by atoms with E-state index in [4.69, 9.17) is 0 Å². The summed E-state index contributed by atoms with van der Waals surface area (Å²) in [7, 11) is -2.20. The maximum Gasteiger partial charge on any atom is 1.00 e. The van der Waals surface area contributed by atoms with Crippen molar-refractivity contribution in [3.8, 4) is 0 Å². The van der Waals surface area contributed by atoms with E-state index >= 15 is 0 Å². The molecule has 0 amide bonds. The molecule has 1 rings (SSSR count). The summed E-state index contributed by atoms with van der Waals surface area (Å²) in [5.74, 6) is 0. The molecular weight excluding hydrogens is 187 g/mol. The van der Waals surface area contributed by atoms with Gasteiger partial charge in [0.25, 0.3) is 0 Å². The summed E-state index contributed by atoms with van der Waals surface area (Å²) in [6, 6.07) is 0. The normalized spacial score (nSPS) is 8.42. The van der Waals surface area contributed by atoms with Crippen molar-refractivity contribution in [2.75, 3.05) is 0 Å². The Kier molecular flexibility index (Phi) is 5.32. The Morgan fingerprint density at radius 3 is 2.50 bits per heavy atom. The molecule has 60 valence electrons. The van der Waals surface area contributed by atoms with E-state index in [0.717, 1.165) is 11.1 Å². The van der Waals surface area contributed by atoms with Gasteiger partial charge in [-0.15, -0.1) is 0 Å². The third-order valence-electron chi connectivity index (χ3n) is 1.02. The molecule has 0 aliphatic rings. The molecule has 0 saturated carbocycles. The fraction of sp³-hybridized carbons (Fsp3) is 0.167. The van der Waals surface area contributed by atoms with Gasteiger partial charge in [-0.1, -0.05) is 0 Å². The molecule has 1 aromatic rings. The quantitative estimate of drug-likeness (QED) is 0.351. The van der Waals surface area contributed by atoms with Crippen molar-refractivity contribution in [1.29, 1.82) is 0 Å². The fourth-order valence-electron chi connectivity index (χ4n) is 0.562. The summed E-state index contributed by atoms with van der Waals surface area (Å²) < 4.78 is 20.3. The molecule has 0 spiro atoms. The summed E-state index contributed by atoms with van der Waals surface area (Å²) in [4.78, 5) is 7.67. The molecule has 0 aliphatic carbocycles. The van der Waals surface area contributed by atoms with Gasteiger partial charge in [-0.3, -0.25) is 9.97 Å². The van der Waals surface area contributed by atoms with Crippen LogP contribution in [0.2, 0.25) is 0 Å². The Bertz CT molecular complexity index is 368. The van der Waals surface area contributed by atoms with Gasteiger partial charge in [-0.05, 0) is 6.92 Å². The molecule has 1 aromatic heterocycles. The Morgan fingerprint density at radius 2 is 2.08 bits per heavy atom. The molecule has 0 N–H and O–H groups in total. The smallest absolute Gasteiger partial charge is 1.00 e. The molecule has 0 atom stereocenters. The molecule has 0 aliphatic heterocycles. The molecule has 0 saturated heterocycles. The van der Waals surface area contributed by atoms with Crippen LogP contribution in [-0.2, 0) is 10.3 Å². The van der Waals surface area contributed by atoms with Crippen LogP contribution in [0.4, 0.5) is 0 Å². The zero-order valence-electron chi connectivity index (χ0n) is 7.85. The third kappa shape index (κ3) is 3.96. The molecule has 4 nitrogen and oxygen atoms in total. The Hall–Kier alpha value is -0.230. The van der Waals surface area contributed by atoms with E-state index in [1.54, 1.807) is 6.92 Å². The minimum Gasteiger partial charge on any atom is -1.00 e. The van der Waals surface area contributed by atoms with Crippen LogP contribution in [0.15, 0.2) is 12.4 Å². The van der Waals surface area contributed by atoms with Crippen LogP contribution in [0.25, 0.3) is 0 Å². The average molecular weight is 194 g/mol. The first-order chi connectivity index (χ1) is 5.18. The first-order valence-electron chi connectivity index (χ1n) is 2.90. The molecule has 0 bridgehead atoms. The van der Waals surface area contributed by atoms with Gasteiger partial charge >= 0.3 is 29.6 Å². The van der Waals surface area contributed by atoms with Crippen molar-refractivity contribution >= 4 is 15.7 Å². The molecule has 12 heavy (non-hydrogen) atoms. The minimum atomic E-state index is -2.20. The van der Waals surface area contributed by atoms with Gasteiger partial charge in [0.05, 0.1) is 23.0 Å². The van der Waals surface area contributed by atoms with Crippen molar-refractivity contribution in [1.82, 2.24) is 9.97 Å². The molecule has 0 unspecified atom stereocenters. The van der Waals surface area contributed by atoms with E-state index in [2.05, 4.69) is 9.97 Å². The number of rotatable bonds is 1. The summed E-state index contributed by atoms with van der Waals surface area (Å²) in [6.45, 7) is 1.78. The van der Waals surface area contributed by atoms with E-state index in [0.29, 0.717) is 5.69 Å². The Labute approximate surface area is 95.4 Å². The third-order valence-corrected chi connectivity index (χ3v) is 1.45. The number of aryl methyl sites for hydroxylation is 1. The first-order valence-corrected chi connectivity index (χ1v) is 4.04. The summed E-state index contributed by atoms with van der Waals surface area (Å²) in [5.41, 5.74) is 1.11. The van der Waals surface area contributed by atoms with Gasteiger partial charge in [0.2, 0.25) is 10.3 Å². The molecule has 0 fully saturated rings. The second-order valence-electron chi connectivity index (χ2n) is 1.96.